The second-order valence-corrected chi connectivity index (χ2v) is 6.95. The van der Waals surface area contributed by atoms with Crippen molar-refractivity contribution in [3.05, 3.63) is 59.2 Å². The van der Waals surface area contributed by atoms with Gasteiger partial charge in [-0.3, -0.25) is 4.72 Å². The molecule has 2 aromatic carbocycles. The number of phenolic OH excluding ortho intramolecular Hbond substituents is 1. The predicted octanol–water partition coefficient (Wildman–Crippen LogP) is 2.99. The molecule has 0 spiro atoms. The van der Waals surface area contributed by atoms with Crippen molar-refractivity contribution in [1.29, 1.82) is 0 Å². The van der Waals surface area contributed by atoms with Gasteiger partial charge in [0.15, 0.2) is 0 Å². The second-order valence-electron chi connectivity index (χ2n) is 5.11. The van der Waals surface area contributed by atoms with Crippen molar-refractivity contribution in [3.8, 4) is 5.75 Å². The van der Waals surface area contributed by atoms with Crippen molar-refractivity contribution in [2.24, 2.45) is 0 Å². The highest BCUT2D eigenvalue weighted by atomic mass is 32.2. The van der Waals surface area contributed by atoms with Crippen molar-refractivity contribution >= 4 is 15.7 Å². The van der Waals surface area contributed by atoms with Crippen molar-refractivity contribution in [2.45, 2.75) is 20.3 Å². The summed E-state index contributed by atoms with van der Waals surface area (Å²) in [7, 11) is -3.42. The third-order valence-electron chi connectivity index (χ3n) is 3.31. The molecule has 2 N–H and O–H groups in total. The monoisotopic (exact) mass is 305 g/mol. The molecular weight excluding hydrogens is 286 g/mol. The maximum atomic E-state index is 12.1. The van der Waals surface area contributed by atoms with E-state index in [1.807, 2.05) is 30.3 Å². The number of aromatic hydroxyl groups is 1. The summed E-state index contributed by atoms with van der Waals surface area (Å²) >= 11 is 0. The van der Waals surface area contributed by atoms with Gasteiger partial charge in [0.1, 0.15) is 5.75 Å². The Morgan fingerprint density at radius 2 is 1.71 bits per heavy atom. The van der Waals surface area contributed by atoms with Crippen LogP contribution in [-0.4, -0.2) is 19.3 Å². The van der Waals surface area contributed by atoms with Gasteiger partial charge in [-0.1, -0.05) is 30.3 Å². The van der Waals surface area contributed by atoms with Gasteiger partial charge in [0, 0.05) is 0 Å². The lowest BCUT2D eigenvalue weighted by Crippen LogP contribution is -2.18. The Balaban J connectivity index is 2.09. The molecule has 0 aromatic heterocycles. The second kappa shape index (κ2) is 6.18. The molecule has 112 valence electrons. The normalized spacial score (nSPS) is 11.3. The van der Waals surface area contributed by atoms with Crippen LogP contribution < -0.4 is 4.72 Å². The van der Waals surface area contributed by atoms with E-state index < -0.39 is 10.0 Å². The molecule has 0 atom stereocenters. The van der Waals surface area contributed by atoms with Crippen LogP contribution in [0.2, 0.25) is 0 Å². The summed E-state index contributed by atoms with van der Waals surface area (Å²) in [5.74, 6) is 0.191. The average Bonchev–Trinajstić information content (AvgIpc) is 2.44. The first-order valence-electron chi connectivity index (χ1n) is 6.72. The number of benzene rings is 2. The molecule has 2 aromatic rings. The zero-order valence-electron chi connectivity index (χ0n) is 12.1. The zero-order valence-corrected chi connectivity index (χ0v) is 12.9. The van der Waals surface area contributed by atoms with Gasteiger partial charge in [0.25, 0.3) is 0 Å². The Labute approximate surface area is 125 Å². The van der Waals surface area contributed by atoms with Crippen LogP contribution in [0.3, 0.4) is 0 Å². The third-order valence-corrected chi connectivity index (χ3v) is 4.58. The molecule has 0 aliphatic heterocycles. The summed E-state index contributed by atoms with van der Waals surface area (Å²) in [4.78, 5) is 0. The first kappa shape index (κ1) is 15.4. The van der Waals surface area contributed by atoms with Crippen molar-refractivity contribution < 1.29 is 13.5 Å². The highest BCUT2D eigenvalue weighted by Gasteiger charge is 2.13. The fourth-order valence-corrected chi connectivity index (χ4v) is 3.19. The highest BCUT2D eigenvalue weighted by molar-refractivity contribution is 7.92. The van der Waals surface area contributed by atoms with Gasteiger partial charge in [-0.25, -0.2) is 8.42 Å². The molecule has 0 aliphatic carbocycles. The topological polar surface area (TPSA) is 66.4 Å². The van der Waals surface area contributed by atoms with Gasteiger partial charge in [-0.2, -0.15) is 0 Å². The lowest BCUT2D eigenvalue weighted by Gasteiger charge is -2.12. The van der Waals surface area contributed by atoms with E-state index in [-0.39, 0.29) is 11.5 Å². The van der Waals surface area contributed by atoms with E-state index >= 15 is 0 Å². The van der Waals surface area contributed by atoms with Gasteiger partial charge in [-0.05, 0) is 49.1 Å². The lowest BCUT2D eigenvalue weighted by atomic mass is 10.1. The fraction of sp³-hybridized carbons (Fsp3) is 0.250. The number of hydrogen-bond acceptors (Lipinski definition) is 3. The number of sulfonamides is 1. The fourth-order valence-electron chi connectivity index (χ4n) is 2.03. The number of hydrogen-bond donors (Lipinski definition) is 2. The molecule has 0 fully saturated rings. The van der Waals surface area contributed by atoms with Crippen LogP contribution >= 0.6 is 0 Å². The zero-order chi connectivity index (χ0) is 15.5. The Morgan fingerprint density at radius 1 is 1.05 bits per heavy atom. The van der Waals surface area contributed by atoms with Gasteiger partial charge >= 0.3 is 0 Å². The van der Waals surface area contributed by atoms with Gasteiger partial charge in [0.2, 0.25) is 10.0 Å². The Hall–Kier alpha value is -2.01. The molecule has 0 saturated carbocycles. The minimum atomic E-state index is -3.42. The molecule has 0 saturated heterocycles. The third kappa shape index (κ3) is 4.23. The first-order valence-corrected chi connectivity index (χ1v) is 8.37. The quantitative estimate of drug-likeness (QED) is 0.835. The first-order chi connectivity index (χ1) is 9.87. The molecule has 0 radical (unpaired) electrons. The van der Waals surface area contributed by atoms with Gasteiger partial charge in [-0.15, -0.1) is 0 Å². The predicted molar refractivity (Wildman–Crippen MR) is 85.1 cm³/mol. The standard InChI is InChI=1S/C16H19NO3S/c1-12-11-16(18)13(2)10-15(12)17-21(19,20)9-8-14-6-4-3-5-7-14/h3-7,10-11,17-18H,8-9H2,1-2H3. The van der Waals surface area contributed by atoms with E-state index in [1.54, 1.807) is 26.0 Å². The van der Waals surface area contributed by atoms with Crippen LogP contribution in [0.25, 0.3) is 0 Å². The maximum Gasteiger partial charge on any atom is 0.233 e. The molecule has 21 heavy (non-hydrogen) atoms. The number of anilines is 1. The minimum absolute atomic E-state index is 0.0242. The number of aryl methyl sites for hydroxylation is 3. The van der Waals surface area contributed by atoms with E-state index in [1.165, 1.54) is 0 Å². The maximum absolute atomic E-state index is 12.1. The SMILES string of the molecule is Cc1cc(NS(=O)(=O)CCc2ccccc2)c(C)cc1O. The van der Waals surface area contributed by atoms with E-state index in [9.17, 15) is 13.5 Å². The summed E-state index contributed by atoms with van der Waals surface area (Å²) in [5.41, 5.74) is 2.84. The molecule has 4 nitrogen and oxygen atoms in total. The van der Waals surface area contributed by atoms with E-state index in [2.05, 4.69) is 4.72 Å². The summed E-state index contributed by atoms with van der Waals surface area (Å²) in [6, 6.07) is 12.7. The summed E-state index contributed by atoms with van der Waals surface area (Å²) < 4.78 is 26.9. The van der Waals surface area contributed by atoms with Crippen molar-refractivity contribution in [2.75, 3.05) is 10.5 Å². The minimum Gasteiger partial charge on any atom is -0.508 e. The molecule has 0 heterocycles. The Kier molecular flexibility index (Phi) is 4.53. The van der Waals surface area contributed by atoms with Crippen LogP contribution in [-0.2, 0) is 16.4 Å². The highest BCUT2D eigenvalue weighted by Crippen LogP contribution is 2.25. The largest absolute Gasteiger partial charge is 0.508 e. The molecule has 0 aliphatic rings. The molecule has 5 heteroatoms. The number of phenols is 1. The summed E-state index contributed by atoms with van der Waals surface area (Å²) in [6.45, 7) is 3.49. The molecule has 0 bridgehead atoms. The van der Waals surface area contributed by atoms with Crippen LogP contribution in [0, 0.1) is 13.8 Å². The van der Waals surface area contributed by atoms with E-state index in [0.717, 1.165) is 5.56 Å². The lowest BCUT2D eigenvalue weighted by molar-refractivity contribution is 0.471. The summed E-state index contributed by atoms with van der Waals surface area (Å²) in [5, 5.41) is 9.60. The Bertz CT molecular complexity index is 725. The van der Waals surface area contributed by atoms with Gasteiger partial charge in [0.05, 0.1) is 11.4 Å². The average molecular weight is 305 g/mol. The molecule has 0 amide bonds. The van der Waals surface area contributed by atoms with Crippen LogP contribution in [0.1, 0.15) is 16.7 Å². The smallest absolute Gasteiger partial charge is 0.233 e. The van der Waals surface area contributed by atoms with Crippen LogP contribution in [0.15, 0.2) is 42.5 Å². The van der Waals surface area contributed by atoms with Gasteiger partial charge < -0.3 is 5.11 Å². The summed E-state index contributed by atoms with van der Waals surface area (Å²) in [6.07, 6.45) is 0.465. The van der Waals surface area contributed by atoms with E-state index in [0.29, 0.717) is 23.2 Å². The molecule has 0 unspecified atom stereocenters. The van der Waals surface area contributed by atoms with Crippen molar-refractivity contribution in [1.82, 2.24) is 0 Å². The molecule has 2 rings (SSSR count). The van der Waals surface area contributed by atoms with E-state index in [4.69, 9.17) is 0 Å². The molecular formula is C16H19NO3S. The van der Waals surface area contributed by atoms with Crippen LogP contribution in [0.5, 0.6) is 5.75 Å². The van der Waals surface area contributed by atoms with Crippen LogP contribution in [0.4, 0.5) is 5.69 Å². The Morgan fingerprint density at radius 3 is 2.38 bits per heavy atom. The number of rotatable bonds is 5. The van der Waals surface area contributed by atoms with Crippen molar-refractivity contribution in [3.63, 3.8) is 0 Å². The number of nitrogens with one attached hydrogen (secondary N) is 1.